The zero-order valence-electron chi connectivity index (χ0n) is 11.0. The van der Waals surface area contributed by atoms with E-state index in [2.05, 4.69) is 15.5 Å². The standard InChI is InChI=1S/C12H12Cl2N4O2S/c1-6-17-18-12(20-6)21-3-2-10(19)16-11-8(13)4-7(15)5-9(11)14/h4-5H,2-3,15H2,1H3,(H,16,19). The normalized spacial score (nSPS) is 10.6. The minimum atomic E-state index is -0.215. The lowest BCUT2D eigenvalue weighted by molar-refractivity contribution is -0.115. The van der Waals surface area contributed by atoms with Crippen LogP contribution in [0, 0.1) is 6.92 Å². The molecule has 0 unspecified atom stereocenters. The van der Waals surface area contributed by atoms with E-state index >= 15 is 0 Å². The number of hydrogen-bond donors (Lipinski definition) is 2. The van der Waals surface area contributed by atoms with Gasteiger partial charge in [-0.05, 0) is 12.1 Å². The highest BCUT2D eigenvalue weighted by atomic mass is 35.5. The highest BCUT2D eigenvalue weighted by Gasteiger charge is 2.12. The quantitative estimate of drug-likeness (QED) is 0.636. The van der Waals surface area contributed by atoms with E-state index in [-0.39, 0.29) is 12.3 Å². The first-order valence-corrected chi connectivity index (χ1v) is 7.67. The molecule has 0 bridgehead atoms. The van der Waals surface area contributed by atoms with Gasteiger partial charge in [-0.25, -0.2) is 0 Å². The van der Waals surface area contributed by atoms with E-state index in [0.717, 1.165) is 0 Å². The number of benzene rings is 1. The number of amides is 1. The van der Waals surface area contributed by atoms with Gasteiger partial charge in [0.15, 0.2) is 0 Å². The first-order valence-electron chi connectivity index (χ1n) is 5.93. The van der Waals surface area contributed by atoms with Crippen LogP contribution in [0.25, 0.3) is 0 Å². The van der Waals surface area contributed by atoms with Crippen LogP contribution in [0.2, 0.25) is 10.0 Å². The van der Waals surface area contributed by atoms with Gasteiger partial charge >= 0.3 is 0 Å². The molecule has 0 fully saturated rings. The van der Waals surface area contributed by atoms with Crippen molar-refractivity contribution in [2.75, 3.05) is 16.8 Å². The molecule has 112 valence electrons. The maximum Gasteiger partial charge on any atom is 0.276 e. The van der Waals surface area contributed by atoms with Crippen molar-refractivity contribution in [3.63, 3.8) is 0 Å². The molecule has 21 heavy (non-hydrogen) atoms. The number of nitrogens with two attached hydrogens (primary N) is 1. The van der Waals surface area contributed by atoms with Gasteiger partial charge in [0.1, 0.15) is 0 Å². The van der Waals surface area contributed by atoms with E-state index in [0.29, 0.717) is 38.3 Å². The Kier molecular flexibility index (Phi) is 5.33. The largest absolute Gasteiger partial charge is 0.416 e. The number of nitrogens with one attached hydrogen (secondary N) is 1. The maximum atomic E-state index is 11.9. The molecule has 0 aliphatic carbocycles. The van der Waals surface area contributed by atoms with Crippen LogP contribution in [-0.2, 0) is 4.79 Å². The van der Waals surface area contributed by atoms with Gasteiger partial charge in [0.2, 0.25) is 11.8 Å². The second-order valence-electron chi connectivity index (χ2n) is 4.09. The summed E-state index contributed by atoms with van der Waals surface area (Å²) >= 11 is 13.3. The van der Waals surface area contributed by atoms with Crippen molar-refractivity contribution < 1.29 is 9.21 Å². The van der Waals surface area contributed by atoms with Crippen LogP contribution in [0.15, 0.2) is 21.8 Å². The molecule has 1 amide bonds. The molecule has 2 aromatic rings. The summed E-state index contributed by atoms with van der Waals surface area (Å²) in [6.45, 7) is 1.70. The average Bonchev–Trinajstić information content (AvgIpc) is 2.79. The first-order chi connectivity index (χ1) is 9.95. The molecule has 1 aromatic heterocycles. The Morgan fingerprint density at radius 3 is 2.62 bits per heavy atom. The Morgan fingerprint density at radius 2 is 2.05 bits per heavy atom. The fourth-order valence-corrected chi connectivity index (χ4v) is 2.82. The Hall–Kier alpha value is -1.44. The van der Waals surface area contributed by atoms with Crippen LogP contribution in [0.1, 0.15) is 12.3 Å². The molecular weight excluding hydrogens is 335 g/mol. The van der Waals surface area contributed by atoms with Crippen LogP contribution in [-0.4, -0.2) is 21.9 Å². The summed E-state index contributed by atoms with van der Waals surface area (Å²) in [5.41, 5.74) is 6.39. The molecule has 1 aromatic carbocycles. The van der Waals surface area contributed by atoms with Crippen LogP contribution in [0.3, 0.4) is 0 Å². The Bertz CT molecular complexity index is 639. The Balaban J connectivity index is 1.87. The number of aromatic nitrogens is 2. The van der Waals surface area contributed by atoms with Gasteiger partial charge in [0.05, 0.1) is 15.7 Å². The monoisotopic (exact) mass is 346 g/mol. The number of carbonyl (C=O) groups is 1. The van der Waals surface area contributed by atoms with Crippen LogP contribution in [0.4, 0.5) is 11.4 Å². The van der Waals surface area contributed by atoms with Gasteiger partial charge < -0.3 is 15.5 Å². The molecule has 6 nitrogen and oxygen atoms in total. The number of thioether (sulfide) groups is 1. The smallest absolute Gasteiger partial charge is 0.276 e. The fraction of sp³-hybridized carbons (Fsp3) is 0.250. The van der Waals surface area contributed by atoms with Crippen LogP contribution < -0.4 is 11.1 Å². The summed E-state index contributed by atoms with van der Waals surface area (Å²) < 4.78 is 5.19. The summed E-state index contributed by atoms with van der Waals surface area (Å²) in [6.07, 6.45) is 0.253. The Labute approximate surface area is 135 Å². The summed E-state index contributed by atoms with van der Waals surface area (Å²) in [5.74, 6) is 0.771. The number of rotatable bonds is 5. The van der Waals surface area contributed by atoms with E-state index in [4.69, 9.17) is 33.4 Å². The Morgan fingerprint density at radius 1 is 1.38 bits per heavy atom. The fourth-order valence-electron chi connectivity index (χ4n) is 1.48. The predicted molar refractivity (Wildman–Crippen MR) is 83.9 cm³/mol. The van der Waals surface area contributed by atoms with Gasteiger partial charge in [-0.15, -0.1) is 10.2 Å². The molecule has 2 rings (SSSR count). The number of halogens is 2. The second-order valence-corrected chi connectivity index (χ2v) is 5.95. The van der Waals surface area contributed by atoms with Crippen molar-refractivity contribution in [2.45, 2.75) is 18.6 Å². The predicted octanol–water partition coefficient (Wildman–Crippen LogP) is 3.39. The second kappa shape index (κ2) is 7.02. The molecule has 0 aliphatic heterocycles. The number of nitrogens with zero attached hydrogens (tertiary/aromatic N) is 2. The third kappa shape index (κ3) is 4.52. The number of hydrogen-bond acceptors (Lipinski definition) is 6. The first kappa shape index (κ1) is 15.9. The van der Waals surface area contributed by atoms with Crippen molar-refractivity contribution >= 4 is 52.2 Å². The van der Waals surface area contributed by atoms with Gasteiger partial charge in [-0.1, -0.05) is 35.0 Å². The molecule has 0 radical (unpaired) electrons. The minimum absolute atomic E-state index is 0.215. The van der Waals surface area contributed by atoms with E-state index < -0.39 is 0 Å². The third-order valence-electron chi connectivity index (χ3n) is 2.39. The van der Waals surface area contributed by atoms with Crippen molar-refractivity contribution in [2.24, 2.45) is 0 Å². The van der Waals surface area contributed by atoms with Crippen LogP contribution >= 0.6 is 35.0 Å². The van der Waals surface area contributed by atoms with Gasteiger partial charge in [-0.2, -0.15) is 0 Å². The summed E-state index contributed by atoms with van der Waals surface area (Å²) in [5, 5.41) is 11.2. The highest BCUT2D eigenvalue weighted by molar-refractivity contribution is 7.99. The lowest BCUT2D eigenvalue weighted by Crippen LogP contribution is -2.13. The van der Waals surface area contributed by atoms with Crippen LogP contribution in [0.5, 0.6) is 0 Å². The van der Waals surface area contributed by atoms with Crippen molar-refractivity contribution in [3.8, 4) is 0 Å². The summed E-state index contributed by atoms with van der Waals surface area (Å²) in [6, 6.07) is 3.05. The number of carbonyl (C=O) groups excluding carboxylic acids is 1. The van der Waals surface area contributed by atoms with Crippen molar-refractivity contribution in [1.82, 2.24) is 10.2 Å². The highest BCUT2D eigenvalue weighted by Crippen LogP contribution is 2.33. The topological polar surface area (TPSA) is 94.0 Å². The molecule has 0 aliphatic rings. The van der Waals surface area contributed by atoms with Gasteiger partial charge in [0, 0.05) is 24.8 Å². The molecule has 0 saturated heterocycles. The number of aryl methyl sites for hydroxylation is 1. The summed E-state index contributed by atoms with van der Waals surface area (Å²) in [4.78, 5) is 11.9. The minimum Gasteiger partial charge on any atom is -0.416 e. The van der Waals surface area contributed by atoms with Gasteiger partial charge in [-0.3, -0.25) is 4.79 Å². The maximum absolute atomic E-state index is 11.9. The van der Waals surface area contributed by atoms with Crippen molar-refractivity contribution in [1.29, 1.82) is 0 Å². The van der Waals surface area contributed by atoms with E-state index in [1.807, 2.05) is 0 Å². The average molecular weight is 347 g/mol. The molecule has 1 heterocycles. The van der Waals surface area contributed by atoms with E-state index in [1.54, 1.807) is 6.92 Å². The zero-order valence-corrected chi connectivity index (χ0v) is 13.3. The molecule has 0 saturated carbocycles. The number of anilines is 2. The van der Waals surface area contributed by atoms with E-state index in [1.165, 1.54) is 23.9 Å². The third-order valence-corrected chi connectivity index (χ3v) is 3.81. The molecule has 9 heteroatoms. The molecule has 0 spiro atoms. The molecule has 0 atom stereocenters. The summed E-state index contributed by atoms with van der Waals surface area (Å²) in [7, 11) is 0. The SMILES string of the molecule is Cc1nnc(SCCC(=O)Nc2c(Cl)cc(N)cc2Cl)o1. The molecule has 3 N–H and O–H groups in total. The number of nitrogen functional groups attached to an aromatic ring is 1. The van der Waals surface area contributed by atoms with E-state index in [9.17, 15) is 4.79 Å². The lowest BCUT2D eigenvalue weighted by atomic mass is 10.2. The van der Waals surface area contributed by atoms with Gasteiger partial charge in [0.25, 0.3) is 5.22 Å². The lowest BCUT2D eigenvalue weighted by Gasteiger charge is -2.09. The zero-order chi connectivity index (χ0) is 15.4. The molecular formula is C12H12Cl2N4O2S. The van der Waals surface area contributed by atoms with Crippen molar-refractivity contribution in [3.05, 3.63) is 28.1 Å².